The maximum absolute atomic E-state index is 14.3. The van der Waals surface area contributed by atoms with E-state index in [1.807, 2.05) is 4.90 Å². The lowest BCUT2D eigenvalue weighted by molar-refractivity contribution is -0.162. The predicted molar refractivity (Wildman–Crippen MR) is 157 cm³/mol. The van der Waals surface area contributed by atoms with Crippen LogP contribution in [0.2, 0.25) is 0 Å². The summed E-state index contributed by atoms with van der Waals surface area (Å²) in [5.74, 6) is -8.21. The molecular formula is C31H39N5O9. The van der Waals surface area contributed by atoms with Gasteiger partial charge in [0.2, 0.25) is 11.8 Å². The normalized spacial score (nSPS) is 34.3. The molecular weight excluding hydrogens is 586 g/mol. The number of aliphatic hydroxyl groups is 4. The van der Waals surface area contributed by atoms with Crippen molar-refractivity contribution in [3.8, 4) is 0 Å². The van der Waals surface area contributed by atoms with Crippen LogP contribution in [0, 0.1) is 11.8 Å². The van der Waals surface area contributed by atoms with Gasteiger partial charge in [-0.3, -0.25) is 38.7 Å². The number of piperazine rings is 1. The van der Waals surface area contributed by atoms with Crippen molar-refractivity contribution in [2.75, 3.05) is 41.3 Å². The van der Waals surface area contributed by atoms with Gasteiger partial charge in [0.15, 0.2) is 17.2 Å². The SMILES string of the molecule is CN(C)C1=C2CC3CC4[C@H](N(C)C)C(=O)C(C(N)=O)=C(O)[C@@]4(O)C(O)=C3C(O)=C2C(=O)C(N2C(=O)CN3CCCCC3C2=O)C1. The Morgan fingerprint density at radius 3 is 2.27 bits per heavy atom. The van der Waals surface area contributed by atoms with E-state index in [0.29, 0.717) is 24.2 Å². The second kappa shape index (κ2) is 10.5. The molecule has 2 fully saturated rings. The fraction of sp³-hybridized carbons (Fsp3) is 0.581. The molecule has 242 valence electrons. The fourth-order valence-electron chi connectivity index (χ4n) is 8.48. The van der Waals surface area contributed by atoms with Crippen LogP contribution >= 0.6 is 0 Å². The number of hydrogen-bond acceptors (Lipinski definition) is 12. The van der Waals surface area contributed by atoms with Gasteiger partial charge >= 0.3 is 0 Å². The lowest BCUT2D eigenvalue weighted by Gasteiger charge is -2.51. The van der Waals surface area contributed by atoms with Crippen molar-refractivity contribution in [3.63, 3.8) is 0 Å². The molecule has 2 aliphatic heterocycles. The minimum Gasteiger partial charge on any atom is -0.508 e. The molecule has 4 unspecified atom stereocenters. The monoisotopic (exact) mass is 625 g/mol. The van der Waals surface area contributed by atoms with Crippen LogP contribution in [0.15, 0.2) is 45.3 Å². The molecule has 2 saturated heterocycles. The van der Waals surface area contributed by atoms with Gasteiger partial charge < -0.3 is 31.1 Å². The fourth-order valence-corrected chi connectivity index (χ4v) is 8.48. The zero-order valence-electron chi connectivity index (χ0n) is 25.7. The molecule has 0 spiro atoms. The minimum atomic E-state index is -2.67. The topological polar surface area (TPSA) is 205 Å². The molecule has 2 heterocycles. The van der Waals surface area contributed by atoms with Gasteiger partial charge in [-0.05, 0) is 57.8 Å². The summed E-state index contributed by atoms with van der Waals surface area (Å²) in [6.07, 6.45) is 2.42. The zero-order chi connectivity index (χ0) is 32.9. The Labute approximate surface area is 259 Å². The van der Waals surface area contributed by atoms with Crippen LogP contribution in [0.25, 0.3) is 0 Å². The standard InChI is InChI=1S/C31H39N5O9/c1-33(2)17-11-18(36-19(37)12-35-8-6-5-7-16(35)30(36)44)24(38)21-14(17)9-13-10-15-23(34(3)4)26(40)22(29(32)43)28(42)31(15,45)27(41)20(13)25(21)39/h13,15-16,18,23,39,41-42,45H,5-12H2,1-4H3,(H2,32,43)/t13?,15?,16?,18?,23-,31-/m0/s1. The van der Waals surface area contributed by atoms with E-state index in [-0.39, 0.29) is 37.0 Å². The highest BCUT2D eigenvalue weighted by atomic mass is 16.4. The summed E-state index contributed by atoms with van der Waals surface area (Å²) in [5, 5.41) is 46.5. The second-order valence-electron chi connectivity index (χ2n) is 13.3. The highest BCUT2D eigenvalue weighted by molar-refractivity contribution is 6.22. The van der Waals surface area contributed by atoms with Crippen molar-refractivity contribution < 1.29 is 44.4 Å². The molecule has 0 saturated carbocycles. The van der Waals surface area contributed by atoms with E-state index >= 15 is 0 Å². The van der Waals surface area contributed by atoms with Gasteiger partial charge in [0, 0.05) is 37.7 Å². The molecule has 0 bridgehead atoms. The summed E-state index contributed by atoms with van der Waals surface area (Å²) < 4.78 is 0. The number of ketones is 2. The predicted octanol–water partition coefficient (Wildman–Crippen LogP) is -0.428. The molecule has 6 aliphatic rings. The largest absolute Gasteiger partial charge is 0.508 e. The number of nitrogens with two attached hydrogens (primary N) is 1. The number of rotatable bonds is 4. The van der Waals surface area contributed by atoms with Gasteiger partial charge in [0.05, 0.1) is 24.2 Å². The van der Waals surface area contributed by atoms with Gasteiger partial charge in [-0.25, -0.2) is 0 Å². The van der Waals surface area contributed by atoms with E-state index in [2.05, 4.69) is 0 Å². The minimum absolute atomic E-state index is 0.00108. The van der Waals surface area contributed by atoms with Crippen LogP contribution in [-0.2, 0) is 24.0 Å². The van der Waals surface area contributed by atoms with Gasteiger partial charge in [0.25, 0.3) is 5.91 Å². The Morgan fingerprint density at radius 2 is 1.64 bits per heavy atom. The summed E-state index contributed by atoms with van der Waals surface area (Å²) in [5.41, 5.74) is 2.59. The Morgan fingerprint density at radius 1 is 0.956 bits per heavy atom. The van der Waals surface area contributed by atoms with Gasteiger partial charge in [-0.15, -0.1) is 0 Å². The number of carbonyl (C=O) groups is 5. The number of allylic oxidation sites excluding steroid dienone is 2. The maximum Gasteiger partial charge on any atom is 0.255 e. The van der Waals surface area contributed by atoms with Crippen molar-refractivity contribution in [2.45, 2.75) is 62.3 Å². The number of amides is 3. The molecule has 45 heavy (non-hydrogen) atoms. The molecule has 0 aromatic rings. The zero-order valence-corrected chi connectivity index (χ0v) is 25.7. The van der Waals surface area contributed by atoms with Gasteiger partial charge in [0.1, 0.15) is 28.9 Å². The van der Waals surface area contributed by atoms with Crippen LogP contribution in [0.4, 0.5) is 0 Å². The van der Waals surface area contributed by atoms with Gasteiger partial charge in [-0.1, -0.05) is 6.42 Å². The third kappa shape index (κ3) is 4.22. The molecule has 14 nitrogen and oxygen atoms in total. The summed E-state index contributed by atoms with van der Waals surface area (Å²) in [6.45, 7) is 0.617. The number of imide groups is 1. The number of nitrogens with zero attached hydrogens (tertiary/aromatic N) is 4. The summed E-state index contributed by atoms with van der Waals surface area (Å²) in [6, 6.07) is -2.90. The summed E-state index contributed by atoms with van der Waals surface area (Å²) in [4.78, 5) is 73.0. The highest BCUT2D eigenvalue weighted by Crippen LogP contribution is 2.56. The van der Waals surface area contributed by atoms with Crippen LogP contribution in [0.5, 0.6) is 0 Å². The van der Waals surface area contributed by atoms with Crippen molar-refractivity contribution in [1.29, 1.82) is 0 Å². The van der Waals surface area contributed by atoms with Crippen molar-refractivity contribution in [1.82, 2.24) is 19.6 Å². The van der Waals surface area contributed by atoms with Crippen LogP contribution in [0.3, 0.4) is 0 Å². The number of carbonyl (C=O) groups excluding carboxylic acids is 5. The number of piperidine rings is 1. The first-order valence-corrected chi connectivity index (χ1v) is 15.2. The number of hydrogen-bond donors (Lipinski definition) is 5. The first kappa shape index (κ1) is 31.0. The Bertz CT molecular complexity index is 1570. The third-order valence-electron chi connectivity index (χ3n) is 10.5. The lowest BCUT2D eigenvalue weighted by Crippen LogP contribution is -2.65. The van der Waals surface area contributed by atoms with E-state index in [1.165, 1.54) is 4.90 Å². The smallest absolute Gasteiger partial charge is 0.255 e. The number of aliphatic hydroxyl groups excluding tert-OH is 3. The van der Waals surface area contributed by atoms with E-state index in [1.54, 1.807) is 33.1 Å². The molecule has 3 amide bonds. The maximum atomic E-state index is 14.3. The molecule has 6 atom stereocenters. The molecule has 6 rings (SSSR count). The van der Waals surface area contributed by atoms with E-state index in [9.17, 15) is 44.4 Å². The Balaban J connectivity index is 1.51. The molecule has 0 radical (unpaired) electrons. The van der Waals surface area contributed by atoms with Crippen molar-refractivity contribution in [2.24, 2.45) is 17.6 Å². The molecule has 4 aliphatic carbocycles. The average molecular weight is 626 g/mol. The number of fused-ring (bicyclic) bond motifs is 4. The summed E-state index contributed by atoms with van der Waals surface area (Å²) >= 11 is 0. The Kier molecular flexibility index (Phi) is 7.25. The highest BCUT2D eigenvalue weighted by Gasteiger charge is 2.63. The third-order valence-corrected chi connectivity index (χ3v) is 10.5. The first-order valence-electron chi connectivity index (χ1n) is 15.2. The summed E-state index contributed by atoms with van der Waals surface area (Å²) in [7, 11) is 6.62. The number of primary amides is 1. The molecule has 0 aromatic heterocycles. The number of Topliss-reactive ketones (excluding diaryl/α,β-unsaturated/α-hetero) is 2. The van der Waals surface area contributed by atoms with Crippen molar-refractivity contribution >= 4 is 29.3 Å². The quantitative estimate of drug-likeness (QED) is 0.199. The van der Waals surface area contributed by atoms with E-state index in [4.69, 9.17) is 5.73 Å². The first-order chi connectivity index (χ1) is 21.1. The van der Waals surface area contributed by atoms with E-state index in [0.717, 1.165) is 17.7 Å². The second-order valence-corrected chi connectivity index (χ2v) is 13.3. The van der Waals surface area contributed by atoms with E-state index < -0.39 is 87.7 Å². The lowest BCUT2D eigenvalue weighted by atomic mass is 9.58. The van der Waals surface area contributed by atoms with Crippen LogP contribution < -0.4 is 5.73 Å². The van der Waals surface area contributed by atoms with Crippen molar-refractivity contribution in [3.05, 3.63) is 45.3 Å². The van der Waals surface area contributed by atoms with Crippen LogP contribution in [0.1, 0.15) is 38.5 Å². The molecule has 14 heteroatoms. The number of likely N-dealkylation sites (N-methyl/N-ethyl adjacent to an activating group) is 1. The molecule has 0 aromatic carbocycles. The molecule has 6 N–H and O–H groups in total. The Hall–Kier alpha value is -4.01. The average Bonchev–Trinajstić information content (AvgIpc) is 2.95. The van der Waals surface area contributed by atoms with Gasteiger partial charge in [-0.2, -0.15) is 0 Å². The van der Waals surface area contributed by atoms with Crippen LogP contribution in [-0.4, -0.2) is 134 Å².